The van der Waals surface area contributed by atoms with Gasteiger partial charge in [-0.1, -0.05) is 0 Å². The Labute approximate surface area is 69.7 Å². The number of pyridine rings is 1. The van der Waals surface area contributed by atoms with E-state index in [0.29, 0.717) is 6.42 Å². The molecule has 0 amide bonds. The van der Waals surface area contributed by atoms with Gasteiger partial charge in [-0.05, 0) is 12.1 Å². The van der Waals surface area contributed by atoms with Gasteiger partial charge in [0.15, 0.2) is 0 Å². The van der Waals surface area contributed by atoms with Crippen molar-refractivity contribution in [2.24, 2.45) is 0 Å². The Morgan fingerprint density at radius 1 is 1.42 bits per heavy atom. The summed E-state index contributed by atoms with van der Waals surface area (Å²) in [5.41, 5.74) is 1.72. The standard InChI is InChI=1S/C9H9NO2/c11-5-2-8-7-3-6-12-9(7)1-4-10-8/h1,3-4,6,11H,2,5H2. The van der Waals surface area contributed by atoms with Crippen LogP contribution in [-0.2, 0) is 6.42 Å². The van der Waals surface area contributed by atoms with Gasteiger partial charge in [-0.25, -0.2) is 0 Å². The summed E-state index contributed by atoms with van der Waals surface area (Å²) >= 11 is 0. The van der Waals surface area contributed by atoms with Gasteiger partial charge in [-0.15, -0.1) is 0 Å². The highest BCUT2D eigenvalue weighted by molar-refractivity contribution is 5.79. The van der Waals surface area contributed by atoms with Crippen molar-refractivity contribution in [3.8, 4) is 0 Å². The zero-order valence-corrected chi connectivity index (χ0v) is 6.53. The minimum Gasteiger partial charge on any atom is -0.464 e. The third kappa shape index (κ3) is 1.08. The molecule has 0 aromatic carbocycles. The second kappa shape index (κ2) is 2.95. The number of hydrogen-bond acceptors (Lipinski definition) is 3. The van der Waals surface area contributed by atoms with E-state index in [-0.39, 0.29) is 6.61 Å². The Morgan fingerprint density at radius 2 is 2.33 bits per heavy atom. The highest BCUT2D eigenvalue weighted by Crippen LogP contribution is 2.17. The number of aliphatic hydroxyl groups excluding tert-OH is 1. The molecule has 0 saturated carbocycles. The summed E-state index contributed by atoms with van der Waals surface area (Å²) in [6.45, 7) is 0.122. The van der Waals surface area contributed by atoms with Gasteiger partial charge in [-0.2, -0.15) is 0 Å². The molecule has 2 heterocycles. The first-order valence-corrected chi connectivity index (χ1v) is 3.84. The summed E-state index contributed by atoms with van der Waals surface area (Å²) < 4.78 is 5.18. The summed E-state index contributed by atoms with van der Waals surface area (Å²) in [4.78, 5) is 4.15. The molecule has 12 heavy (non-hydrogen) atoms. The molecule has 2 aromatic rings. The predicted octanol–water partition coefficient (Wildman–Crippen LogP) is 1.36. The van der Waals surface area contributed by atoms with Crippen molar-refractivity contribution in [2.45, 2.75) is 6.42 Å². The summed E-state index contributed by atoms with van der Waals surface area (Å²) in [5, 5.41) is 9.74. The molecule has 2 aromatic heterocycles. The molecule has 0 aliphatic carbocycles. The van der Waals surface area contributed by atoms with Crippen LogP contribution in [0.1, 0.15) is 5.69 Å². The molecule has 0 unspecified atom stereocenters. The summed E-state index contributed by atoms with van der Waals surface area (Å²) in [7, 11) is 0. The molecule has 62 valence electrons. The van der Waals surface area contributed by atoms with E-state index in [1.807, 2.05) is 12.1 Å². The van der Waals surface area contributed by atoms with Crippen LogP contribution >= 0.6 is 0 Å². The fourth-order valence-corrected chi connectivity index (χ4v) is 1.26. The number of furan rings is 1. The highest BCUT2D eigenvalue weighted by Gasteiger charge is 2.02. The smallest absolute Gasteiger partial charge is 0.137 e. The first kappa shape index (κ1) is 7.31. The summed E-state index contributed by atoms with van der Waals surface area (Å²) in [6, 6.07) is 3.68. The van der Waals surface area contributed by atoms with Crippen molar-refractivity contribution < 1.29 is 9.52 Å². The van der Waals surface area contributed by atoms with E-state index in [2.05, 4.69) is 4.98 Å². The average Bonchev–Trinajstić information content (AvgIpc) is 2.53. The van der Waals surface area contributed by atoms with Crippen LogP contribution in [-0.4, -0.2) is 16.7 Å². The van der Waals surface area contributed by atoms with Gasteiger partial charge in [0.1, 0.15) is 5.58 Å². The van der Waals surface area contributed by atoms with Crippen molar-refractivity contribution in [1.82, 2.24) is 4.98 Å². The van der Waals surface area contributed by atoms with Crippen molar-refractivity contribution >= 4 is 11.0 Å². The second-order valence-corrected chi connectivity index (χ2v) is 2.56. The summed E-state index contributed by atoms with van der Waals surface area (Å²) in [5.74, 6) is 0. The minimum absolute atomic E-state index is 0.122. The molecule has 0 bridgehead atoms. The van der Waals surface area contributed by atoms with Gasteiger partial charge < -0.3 is 9.52 Å². The van der Waals surface area contributed by atoms with Crippen LogP contribution in [0.5, 0.6) is 0 Å². The fraction of sp³-hybridized carbons (Fsp3) is 0.222. The van der Waals surface area contributed by atoms with E-state index in [1.165, 1.54) is 0 Å². The molecule has 0 fully saturated rings. The molecule has 2 rings (SSSR count). The summed E-state index contributed by atoms with van der Waals surface area (Å²) in [6.07, 6.45) is 3.90. The van der Waals surface area contributed by atoms with E-state index in [1.54, 1.807) is 12.5 Å². The zero-order chi connectivity index (χ0) is 8.39. The van der Waals surface area contributed by atoms with Gasteiger partial charge in [0, 0.05) is 24.6 Å². The molecule has 0 aliphatic heterocycles. The third-order valence-electron chi connectivity index (χ3n) is 1.81. The minimum atomic E-state index is 0.122. The van der Waals surface area contributed by atoms with Gasteiger partial charge in [0.05, 0.1) is 12.0 Å². The quantitative estimate of drug-likeness (QED) is 0.727. The van der Waals surface area contributed by atoms with E-state index in [0.717, 1.165) is 16.7 Å². The van der Waals surface area contributed by atoms with Crippen molar-refractivity contribution in [2.75, 3.05) is 6.61 Å². The van der Waals surface area contributed by atoms with E-state index < -0.39 is 0 Å². The van der Waals surface area contributed by atoms with Gasteiger partial charge >= 0.3 is 0 Å². The number of aliphatic hydroxyl groups is 1. The van der Waals surface area contributed by atoms with Crippen LogP contribution in [0.15, 0.2) is 29.0 Å². The maximum Gasteiger partial charge on any atom is 0.137 e. The normalized spacial score (nSPS) is 10.8. The van der Waals surface area contributed by atoms with Crippen LogP contribution < -0.4 is 0 Å². The lowest BCUT2D eigenvalue weighted by Crippen LogP contribution is -1.93. The maximum absolute atomic E-state index is 8.75. The molecule has 0 aliphatic rings. The van der Waals surface area contributed by atoms with Gasteiger partial charge in [-0.3, -0.25) is 4.98 Å². The monoisotopic (exact) mass is 163 g/mol. The van der Waals surface area contributed by atoms with Crippen LogP contribution in [0.25, 0.3) is 11.0 Å². The first-order valence-electron chi connectivity index (χ1n) is 3.84. The number of fused-ring (bicyclic) bond motifs is 1. The van der Waals surface area contributed by atoms with Crippen LogP contribution in [0.3, 0.4) is 0 Å². The number of rotatable bonds is 2. The fourth-order valence-electron chi connectivity index (χ4n) is 1.26. The topological polar surface area (TPSA) is 46.3 Å². The van der Waals surface area contributed by atoms with E-state index in [4.69, 9.17) is 9.52 Å². The molecule has 0 radical (unpaired) electrons. The Balaban J connectivity index is 2.57. The largest absolute Gasteiger partial charge is 0.464 e. The molecule has 0 saturated heterocycles. The molecule has 0 atom stereocenters. The highest BCUT2D eigenvalue weighted by atomic mass is 16.3. The first-order chi connectivity index (χ1) is 5.92. The van der Waals surface area contributed by atoms with Crippen LogP contribution in [0.2, 0.25) is 0 Å². The lowest BCUT2D eigenvalue weighted by Gasteiger charge is -1.96. The predicted molar refractivity (Wildman–Crippen MR) is 44.8 cm³/mol. The molecule has 3 nitrogen and oxygen atoms in total. The number of aromatic nitrogens is 1. The van der Waals surface area contributed by atoms with Crippen LogP contribution in [0.4, 0.5) is 0 Å². The van der Waals surface area contributed by atoms with Crippen molar-refractivity contribution in [3.05, 3.63) is 30.3 Å². The molecular formula is C9H9NO2. The SMILES string of the molecule is OCCc1nccc2occc12. The Bertz CT molecular complexity index is 381. The lowest BCUT2D eigenvalue weighted by atomic mass is 10.2. The van der Waals surface area contributed by atoms with E-state index in [9.17, 15) is 0 Å². The second-order valence-electron chi connectivity index (χ2n) is 2.56. The van der Waals surface area contributed by atoms with E-state index >= 15 is 0 Å². The maximum atomic E-state index is 8.75. The molecule has 1 N–H and O–H groups in total. The molecule has 3 heteroatoms. The Kier molecular flexibility index (Phi) is 1.80. The average molecular weight is 163 g/mol. The Morgan fingerprint density at radius 3 is 3.17 bits per heavy atom. The van der Waals surface area contributed by atoms with Gasteiger partial charge in [0.25, 0.3) is 0 Å². The van der Waals surface area contributed by atoms with Crippen molar-refractivity contribution in [3.63, 3.8) is 0 Å². The van der Waals surface area contributed by atoms with Crippen molar-refractivity contribution in [1.29, 1.82) is 0 Å². The molecule has 0 spiro atoms. The molecular weight excluding hydrogens is 154 g/mol. The third-order valence-corrected chi connectivity index (χ3v) is 1.81. The number of hydrogen-bond donors (Lipinski definition) is 1. The zero-order valence-electron chi connectivity index (χ0n) is 6.53. The van der Waals surface area contributed by atoms with Gasteiger partial charge in [0.2, 0.25) is 0 Å². The number of nitrogens with zero attached hydrogens (tertiary/aromatic N) is 1. The Hall–Kier alpha value is -1.35. The van der Waals surface area contributed by atoms with Crippen LogP contribution in [0, 0.1) is 0 Å². The lowest BCUT2D eigenvalue weighted by molar-refractivity contribution is 0.298.